The summed E-state index contributed by atoms with van der Waals surface area (Å²) in [6.45, 7) is 4.91. The van der Waals surface area contributed by atoms with Crippen molar-refractivity contribution in [2.24, 2.45) is 0 Å². The Labute approximate surface area is 107 Å². The molecule has 5 heteroatoms. The van der Waals surface area contributed by atoms with E-state index in [9.17, 15) is 4.79 Å². The second kappa shape index (κ2) is 5.84. The maximum Gasteiger partial charge on any atom is 0.241 e. The van der Waals surface area contributed by atoms with E-state index in [1.165, 1.54) is 0 Å². The molecule has 3 N–H and O–H groups in total. The molecule has 1 aromatic rings. The van der Waals surface area contributed by atoms with Gasteiger partial charge >= 0.3 is 0 Å². The highest BCUT2D eigenvalue weighted by atomic mass is 16.5. The van der Waals surface area contributed by atoms with Crippen LogP contribution in [0.15, 0.2) is 24.3 Å². The Balaban J connectivity index is 1.92. The van der Waals surface area contributed by atoms with Gasteiger partial charge in [-0.05, 0) is 31.2 Å². The topological polar surface area (TPSA) is 67.6 Å². The molecular weight excluding hydrogens is 230 g/mol. The van der Waals surface area contributed by atoms with Gasteiger partial charge < -0.3 is 15.8 Å². The number of nitrogen functional groups attached to an aromatic ring is 1. The minimum atomic E-state index is -0.147. The van der Waals surface area contributed by atoms with Crippen molar-refractivity contribution >= 4 is 17.3 Å². The Kier molecular flexibility index (Phi) is 4.17. The van der Waals surface area contributed by atoms with Crippen LogP contribution in [0, 0.1) is 0 Å². The Hall–Kier alpha value is -1.59. The van der Waals surface area contributed by atoms with E-state index in [0.29, 0.717) is 18.9 Å². The minimum Gasteiger partial charge on any atom is -0.399 e. The largest absolute Gasteiger partial charge is 0.399 e. The quantitative estimate of drug-likeness (QED) is 0.782. The number of nitrogens with one attached hydrogen (secondary N) is 1. The number of carbonyl (C=O) groups excluding carboxylic acids is 1. The zero-order valence-corrected chi connectivity index (χ0v) is 10.6. The summed E-state index contributed by atoms with van der Waals surface area (Å²) in [5.41, 5.74) is 7.06. The molecule has 2 rings (SSSR count). The van der Waals surface area contributed by atoms with Gasteiger partial charge in [-0.1, -0.05) is 0 Å². The lowest BCUT2D eigenvalue weighted by Gasteiger charge is -2.31. The molecule has 0 aromatic heterocycles. The van der Waals surface area contributed by atoms with E-state index in [-0.39, 0.29) is 11.9 Å². The average Bonchev–Trinajstić information content (AvgIpc) is 2.41. The van der Waals surface area contributed by atoms with Crippen molar-refractivity contribution in [3.05, 3.63) is 24.3 Å². The van der Waals surface area contributed by atoms with Gasteiger partial charge in [0.2, 0.25) is 5.91 Å². The number of ether oxygens (including phenoxy) is 1. The molecule has 1 saturated heterocycles. The van der Waals surface area contributed by atoms with Gasteiger partial charge in [0.15, 0.2) is 0 Å². The molecule has 98 valence electrons. The van der Waals surface area contributed by atoms with E-state index in [0.717, 1.165) is 18.8 Å². The van der Waals surface area contributed by atoms with E-state index < -0.39 is 0 Å². The van der Waals surface area contributed by atoms with E-state index in [2.05, 4.69) is 10.2 Å². The smallest absolute Gasteiger partial charge is 0.241 e. The number of nitrogens with two attached hydrogens (primary N) is 1. The van der Waals surface area contributed by atoms with Crippen LogP contribution in [0.4, 0.5) is 11.4 Å². The summed E-state index contributed by atoms with van der Waals surface area (Å²) in [6, 6.07) is 7.01. The lowest BCUT2D eigenvalue weighted by Crippen LogP contribution is -2.47. The summed E-state index contributed by atoms with van der Waals surface area (Å²) in [4.78, 5) is 14.2. The molecule has 5 nitrogen and oxygen atoms in total. The van der Waals surface area contributed by atoms with Crippen molar-refractivity contribution < 1.29 is 9.53 Å². The third kappa shape index (κ3) is 3.21. The molecule has 1 aliphatic rings. The second-order valence-electron chi connectivity index (χ2n) is 4.44. The molecule has 0 radical (unpaired) electrons. The van der Waals surface area contributed by atoms with Crippen molar-refractivity contribution in [1.82, 2.24) is 4.90 Å². The van der Waals surface area contributed by atoms with Crippen LogP contribution in [0.1, 0.15) is 6.92 Å². The summed E-state index contributed by atoms with van der Waals surface area (Å²) >= 11 is 0. The summed E-state index contributed by atoms with van der Waals surface area (Å²) in [5, 5.41) is 2.89. The number of morpholine rings is 1. The van der Waals surface area contributed by atoms with E-state index in [1.807, 2.05) is 6.92 Å². The zero-order valence-electron chi connectivity index (χ0n) is 10.6. The van der Waals surface area contributed by atoms with Crippen molar-refractivity contribution in [2.75, 3.05) is 37.4 Å². The third-order valence-corrected chi connectivity index (χ3v) is 3.15. The van der Waals surface area contributed by atoms with E-state index >= 15 is 0 Å². The molecule has 1 heterocycles. The van der Waals surface area contributed by atoms with Gasteiger partial charge in [0.05, 0.1) is 19.3 Å². The van der Waals surface area contributed by atoms with Gasteiger partial charge in [-0.2, -0.15) is 0 Å². The number of amides is 1. The monoisotopic (exact) mass is 249 g/mol. The SMILES string of the molecule is CC(C(=O)Nc1ccc(N)cc1)N1CCOCC1. The Morgan fingerprint density at radius 2 is 1.94 bits per heavy atom. The predicted molar refractivity (Wildman–Crippen MR) is 71.3 cm³/mol. The van der Waals surface area contributed by atoms with Crippen LogP contribution in [0.2, 0.25) is 0 Å². The van der Waals surface area contributed by atoms with Crippen LogP contribution in [-0.2, 0) is 9.53 Å². The van der Waals surface area contributed by atoms with Crippen molar-refractivity contribution in [3.8, 4) is 0 Å². The predicted octanol–water partition coefficient (Wildman–Crippen LogP) is 0.928. The highest BCUT2D eigenvalue weighted by molar-refractivity contribution is 5.94. The Bertz CT molecular complexity index is 399. The standard InChI is InChI=1S/C13H19N3O2/c1-10(16-6-8-18-9-7-16)13(17)15-12-4-2-11(14)3-5-12/h2-5,10H,6-9,14H2,1H3,(H,15,17). The first kappa shape index (κ1) is 12.9. The van der Waals surface area contributed by atoms with Gasteiger partial charge in [0.1, 0.15) is 0 Å². The fraction of sp³-hybridized carbons (Fsp3) is 0.462. The number of hydrogen-bond donors (Lipinski definition) is 2. The van der Waals surface area contributed by atoms with Crippen LogP contribution in [0.5, 0.6) is 0 Å². The van der Waals surface area contributed by atoms with Crippen LogP contribution in [0.25, 0.3) is 0 Å². The highest BCUT2D eigenvalue weighted by Gasteiger charge is 2.22. The maximum atomic E-state index is 12.1. The summed E-state index contributed by atoms with van der Waals surface area (Å²) in [7, 11) is 0. The van der Waals surface area contributed by atoms with Gasteiger partial charge in [0.25, 0.3) is 0 Å². The second-order valence-corrected chi connectivity index (χ2v) is 4.44. The zero-order chi connectivity index (χ0) is 13.0. The molecule has 0 bridgehead atoms. The third-order valence-electron chi connectivity index (χ3n) is 3.15. The van der Waals surface area contributed by atoms with Gasteiger partial charge in [-0.25, -0.2) is 0 Å². The lowest BCUT2D eigenvalue weighted by molar-refractivity contribution is -0.122. The van der Waals surface area contributed by atoms with Gasteiger partial charge in [-0.3, -0.25) is 9.69 Å². The molecule has 1 fully saturated rings. The van der Waals surface area contributed by atoms with Gasteiger partial charge in [-0.15, -0.1) is 0 Å². The fourth-order valence-corrected chi connectivity index (χ4v) is 1.94. The van der Waals surface area contributed by atoms with Crippen LogP contribution < -0.4 is 11.1 Å². The molecule has 0 aliphatic carbocycles. The molecule has 1 aliphatic heterocycles. The minimum absolute atomic E-state index is 0.00155. The first-order valence-corrected chi connectivity index (χ1v) is 6.15. The van der Waals surface area contributed by atoms with Crippen LogP contribution >= 0.6 is 0 Å². The fourth-order valence-electron chi connectivity index (χ4n) is 1.94. The molecule has 18 heavy (non-hydrogen) atoms. The molecule has 0 saturated carbocycles. The van der Waals surface area contributed by atoms with Gasteiger partial charge in [0, 0.05) is 24.5 Å². The summed E-state index contributed by atoms with van der Waals surface area (Å²) in [6.07, 6.45) is 0. The van der Waals surface area contributed by atoms with Crippen molar-refractivity contribution in [3.63, 3.8) is 0 Å². The van der Waals surface area contributed by atoms with Crippen molar-refractivity contribution in [1.29, 1.82) is 0 Å². The lowest BCUT2D eigenvalue weighted by atomic mass is 10.2. The number of carbonyl (C=O) groups is 1. The molecule has 1 aromatic carbocycles. The molecule has 0 spiro atoms. The number of nitrogens with zero attached hydrogens (tertiary/aromatic N) is 1. The van der Waals surface area contributed by atoms with E-state index in [1.54, 1.807) is 24.3 Å². The first-order chi connectivity index (χ1) is 8.66. The first-order valence-electron chi connectivity index (χ1n) is 6.15. The van der Waals surface area contributed by atoms with Crippen LogP contribution in [-0.4, -0.2) is 43.2 Å². The number of benzene rings is 1. The summed E-state index contributed by atoms with van der Waals surface area (Å²) < 4.78 is 5.27. The summed E-state index contributed by atoms with van der Waals surface area (Å²) in [5.74, 6) is 0.00155. The Morgan fingerprint density at radius 1 is 1.33 bits per heavy atom. The maximum absolute atomic E-state index is 12.1. The van der Waals surface area contributed by atoms with Crippen molar-refractivity contribution in [2.45, 2.75) is 13.0 Å². The molecular formula is C13H19N3O2. The van der Waals surface area contributed by atoms with Crippen LogP contribution in [0.3, 0.4) is 0 Å². The molecule has 1 amide bonds. The number of hydrogen-bond acceptors (Lipinski definition) is 4. The highest BCUT2D eigenvalue weighted by Crippen LogP contribution is 2.12. The molecule has 1 atom stereocenters. The number of rotatable bonds is 3. The average molecular weight is 249 g/mol. The van der Waals surface area contributed by atoms with E-state index in [4.69, 9.17) is 10.5 Å². The molecule has 1 unspecified atom stereocenters. The Morgan fingerprint density at radius 3 is 2.56 bits per heavy atom. The normalized spacial score (nSPS) is 18.3. The number of anilines is 2.